The van der Waals surface area contributed by atoms with Gasteiger partial charge < -0.3 is 20.9 Å². The molecule has 3 rings (SSSR count). The molecular formula is C23H28ClN5O3. The Morgan fingerprint density at radius 1 is 1.31 bits per heavy atom. The van der Waals surface area contributed by atoms with Gasteiger partial charge in [0.2, 0.25) is 11.8 Å². The SMILES string of the molecule is CC(C)(C)CC(NC(=O)c1cc2cccc(Cl)c2[nH]1)C(=O)NC(C#N)CC1CCNC1=O. The number of carbonyl (C=O) groups is 3. The number of benzene rings is 1. The Bertz CT molecular complexity index is 1070. The third-order valence-corrected chi connectivity index (χ3v) is 5.76. The molecule has 9 heteroatoms. The van der Waals surface area contributed by atoms with Crippen molar-refractivity contribution in [3.8, 4) is 6.07 Å². The van der Waals surface area contributed by atoms with E-state index in [9.17, 15) is 19.6 Å². The lowest BCUT2D eigenvalue weighted by Gasteiger charge is -2.27. The first-order chi connectivity index (χ1) is 15.1. The minimum atomic E-state index is -0.849. The molecule has 3 unspecified atom stereocenters. The first kappa shape index (κ1) is 23.6. The van der Waals surface area contributed by atoms with Crippen molar-refractivity contribution < 1.29 is 14.4 Å². The summed E-state index contributed by atoms with van der Waals surface area (Å²) in [5.41, 5.74) is 0.682. The summed E-state index contributed by atoms with van der Waals surface area (Å²) in [7, 11) is 0. The van der Waals surface area contributed by atoms with Crippen molar-refractivity contribution >= 4 is 40.2 Å². The molecule has 8 nitrogen and oxygen atoms in total. The van der Waals surface area contributed by atoms with Gasteiger partial charge in [-0.2, -0.15) is 5.26 Å². The van der Waals surface area contributed by atoms with Crippen LogP contribution in [-0.2, 0) is 9.59 Å². The molecule has 170 valence electrons. The predicted molar refractivity (Wildman–Crippen MR) is 122 cm³/mol. The molecule has 1 aliphatic heterocycles. The van der Waals surface area contributed by atoms with E-state index >= 15 is 0 Å². The normalized spacial score (nSPS) is 18.0. The van der Waals surface area contributed by atoms with E-state index < -0.39 is 23.9 Å². The molecule has 2 aromatic rings. The number of aromatic nitrogens is 1. The van der Waals surface area contributed by atoms with Crippen LogP contribution in [0.25, 0.3) is 10.9 Å². The minimum absolute atomic E-state index is 0.100. The monoisotopic (exact) mass is 457 g/mol. The van der Waals surface area contributed by atoms with Gasteiger partial charge in [-0.1, -0.05) is 44.5 Å². The molecule has 1 aromatic carbocycles. The van der Waals surface area contributed by atoms with Gasteiger partial charge >= 0.3 is 0 Å². The van der Waals surface area contributed by atoms with Crippen molar-refractivity contribution in [2.45, 2.75) is 52.1 Å². The molecular weight excluding hydrogens is 430 g/mol. The van der Waals surface area contributed by atoms with E-state index in [1.165, 1.54) is 0 Å². The highest BCUT2D eigenvalue weighted by molar-refractivity contribution is 6.35. The van der Waals surface area contributed by atoms with E-state index in [-0.39, 0.29) is 23.7 Å². The summed E-state index contributed by atoms with van der Waals surface area (Å²) in [6.07, 6.45) is 1.25. The summed E-state index contributed by atoms with van der Waals surface area (Å²) < 4.78 is 0. The van der Waals surface area contributed by atoms with Crippen molar-refractivity contribution in [2.75, 3.05) is 6.54 Å². The Labute approximate surface area is 192 Å². The zero-order chi connectivity index (χ0) is 23.5. The fraction of sp³-hybridized carbons (Fsp3) is 0.478. The van der Waals surface area contributed by atoms with E-state index in [0.29, 0.717) is 35.6 Å². The van der Waals surface area contributed by atoms with Crippen molar-refractivity contribution in [1.82, 2.24) is 20.9 Å². The minimum Gasteiger partial charge on any atom is -0.356 e. The molecule has 1 saturated heterocycles. The van der Waals surface area contributed by atoms with Crippen LogP contribution in [0.4, 0.5) is 0 Å². The molecule has 2 heterocycles. The summed E-state index contributed by atoms with van der Waals surface area (Å²) in [5.74, 6) is -1.29. The first-order valence-corrected chi connectivity index (χ1v) is 11.0. The van der Waals surface area contributed by atoms with Crippen molar-refractivity contribution in [2.24, 2.45) is 11.3 Å². The Balaban J connectivity index is 1.73. The first-order valence-electron chi connectivity index (χ1n) is 10.6. The topological polar surface area (TPSA) is 127 Å². The highest BCUT2D eigenvalue weighted by Gasteiger charge is 2.31. The van der Waals surface area contributed by atoms with Crippen LogP contribution >= 0.6 is 11.6 Å². The average molecular weight is 458 g/mol. The van der Waals surface area contributed by atoms with Gasteiger partial charge in [0, 0.05) is 17.8 Å². The number of hydrogen-bond acceptors (Lipinski definition) is 4. The molecule has 3 amide bonds. The van der Waals surface area contributed by atoms with Gasteiger partial charge in [0.05, 0.1) is 16.6 Å². The number of nitriles is 1. The summed E-state index contributed by atoms with van der Waals surface area (Å²) in [4.78, 5) is 40.8. The molecule has 1 aromatic heterocycles. The second kappa shape index (κ2) is 9.61. The van der Waals surface area contributed by atoms with E-state index in [4.69, 9.17) is 11.6 Å². The molecule has 4 N–H and O–H groups in total. The predicted octanol–water partition coefficient (Wildman–Crippen LogP) is 2.89. The number of halogens is 1. The quantitative estimate of drug-likeness (QED) is 0.509. The fourth-order valence-corrected chi connectivity index (χ4v) is 4.10. The fourth-order valence-electron chi connectivity index (χ4n) is 3.87. The molecule has 0 saturated carbocycles. The van der Waals surface area contributed by atoms with Crippen molar-refractivity contribution in [1.29, 1.82) is 5.26 Å². The third-order valence-electron chi connectivity index (χ3n) is 5.44. The highest BCUT2D eigenvalue weighted by atomic mass is 35.5. The van der Waals surface area contributed by atoms with Crippen LogP contribution < -0.4 is 16.0 Å². The number of hydrogen-bond donors (Lipinski definition) is 4. The van der Waals surface area contributed by atoms with Gasteiger partial charge in [0.15, 0.2) is 0 Å². The lowest BCUT2D eigenvalue weighted by Crippen LogP contribution is -2.51. The van der Waals surface area contributed by atoms with E-state index in [1.807, 2.05) is 26.8 Å². The maximum atomic E-state index is 13.0. The van der Waals surface area contributed by atoms with E-state index in [0.717, 1.165) is 5.39 Å². The maximum Gasteiger partial charge on any atom is 0.268 e. The summed E-state index contributed by atoms with van der Waals surface area (Å²) >= 11 is 6.19. The van der Waals surface area contributed by atoms with E-state index in [1.54, 1.807) is 18.2 Å². The molecule has 0 bridgehead atoms. The van der Waals surface area contributed by atoms with Gasteiger partial charge in [0.25, 0.3) is 5.91 Å². The number of nitrogens with one attached hydrogen (secondary N) is 4. The molecule has 1 aliphatic rings. The second-order valence-corrected chi connectivity index (χ2v) is 9.79. The number of nitrogens with zero attached hydrogens (tertiary/aromatic N) is 1. The van der Waals surface area contributed by atoms with Gasteiger partial charge in [-0.25, -0.2) is 0 Å². The van der Waals surface area contributed by atoms with Crippen LogP contribution in [-0.4, -0.2) is 41.3 Å². The van der Waals surface area contributed by atoms with Gasteiger partial charge in [-0.15, -0.1) is 0 Å². The van der Waals surface area contributed by atoms with Crippen molar-refractivity contribution in [3.63, 3.8) is 0 Å². The zero-order valence-corrected chi connectivity index (χ0v) is 19.2. The average Bonchev–Trinajstić information content (AvgIpc) is 3.33. The zero-order valence-electron chi connectivity index (χ0n) is 18.4. The summed E-state index contributed by atoms with van der Waals surface area (Å²) in [6.45, 7) is 6.47. The Kier molecular flexibility index (Phi) is 7.09. The lowest BCUT2D eigenvalue weighted by molar-refractivity contribution is -0.125. The summed E-state index contributed by atoms with van der Waals surface area (Å²) in [6, 6.07) is 7.43. The van der Waals surface area contributed by atoms with E-state index in [2.05, 4.69) is 27.0 Å². The number of aromatic amines is 1. The van der Waals surface area contributed by atoms with Crippen LogP contribution in [0.15, 0.2) is 24.3 Å². The number of para-hydroxylation sites is 1. The highest BCUT2D eigenvalue weighted by Crippen LogP contribution is 2.25. The number of H-pyrrole nitrogens is 1. The Morgan fingerprint density at radius 3 is 2.66 bits per heavy atom. The number of carbonyl (C=O) groups excluding carboxylic acids is 3. The van der Waals surface area contributed by atoms with Crippen LogP contribution in [0.2, 0.25) is 5.02 Å². The standard InChI is InChI=1S/C23H28ClN5O3/c1-23(2,3)11-18(22(32)27-15(12-25)9-14-7-8-26-20(14)30)29-21(31)17-10-13-5-4-6-16(24)19(13)28-17/h4-6,10,14-15,18,28H,7-9,11H2,1-3H3,(H,26,30)(H,27,32)(H,29,31). The second-order valence-electron chi connectivity index (χ2n) is 9.38. The Hall–Kier alpha value is -3.05. The smallest absolute Gasteiger partial charge is 0.268 e. The summed E-state index contributed by atoms with van der Waals surface area (Å²) in [5, 5.41) is 19.0. The number of amides is 3. The molecule has 32 heavy (non-hydrogen) atoms. The molecule has 0 spiro atoms. The van der Waals surface area contributed by atoms with Gasteiger partial charge in [-0.3, -0.25) is 14.4 Å². The number of fused-ring (bicyclic) bond motifs is 1. The maximum absolute atomic E-state index is 13.0. The third kappa shape index (κ3) is 5.80. The van der Waals surface area contributed by atoms with Crippen LogP contribution in [0.3, 0.4) is 0 Å². The van der Waals surface area contributed by atoms with Gasteiger partial charge in [-0.05, 0) is 36.8 Å². The van der Waals surface area contributed by atoms with Crippen molar-refractivity contribution in [3.05, 3.63) is 35.0 Å². The molecule has 3 atom stereocenters. The van der Waals surface area contributed by atoms with Crippen LogP contribution in [0.1, 0.15) is 50.5 Å². The van der Waals surface area contributed by atoms with Crippen LogP contribution in [0, 0.1) is 22.7 Å². The molecule has 1 fully saturated rings. The molecule has 0 radical (unpaired) electrons. The lowest BCUT2D eigenvalue weighted by atomic mass is 9.87. The molecule has 0 aliphatic carbocycles. The number of rotatable bonds is 7. The van der Waals surface area contributed by atoms with Crippen LogP contribution in [0.5, 0.6) is 0 Å². The Morgan fingerprint density at radius 2 is 2.06 bits per heavy atom. The van der Waals surface area contributed by atoms with Gasteiger partial charge in [0.1, 0.15) is 17.8 Å². The largest absolute Gasteiger partial charge is 0.356 e.